The van der Waals surface area contributed by atoms with E-state index in [1.807, 2.05) is 31.2 Å². The molecule has 6 heteroatoms. The number of carboxylic acid groups (broad SMARTS) is 1. The number of benzene rings is 1. The number of hydrogen-bond donors (Lipinski definition) is 1. The van der Waals surface area contributed by atoms with Gasteiger partial charge in [0.05, 0.1) is 20.3 Å². The van der Waals surface area contributed by atoms with E-state index in [1.54, 1.807) is 7.11 Å². The van der Waals surface area contributed by atoms with Crippen LogP contribution in [0.15, 0.2) is 24.3 Å². The summed E-state index contributed by atoms with van der Waals surface area (Å²) in [6.45, 7) is 2.67. The molecule has 0 aromatic heterocycles. The summed E-state index contributed by atoms with van der Waals surface area (Å²) in [7, 11) is 1.59. The number of carbonyl (C=O) groups excluding carboxylic acids is 1. The molecule has 1 aliphatic rings. The highest BCUT2D eigenvalue weighted by molar-refractivity contribution is 5.84. The van der Waals surface area contributed by atoms with Gasteiger partial charge in [-0.1, -0.05) is 25.1 Å². The van der Waals surface area contributed by atoms with Crippen LogP contribution in [0.3, 0.4) is 0 Å². The molecule has 2 unspecified atom stereocenters. The van der Waals surface area contributed by atoms with Crippen molar-refractivity contribution in [2.75, 3.05) is 26.9 Å². The first-order chi connectivity index (χ1) is 10.5. The molecule has 1 aromatic carbocycles. The summed E-state index contributed by atoms with van der Waals surface area (Å²) in [6.07, 6.45) is 0.240. The summed E-state index contributed by atoms with van der Waals surface area (Å²) in [6, 6.07) is 6.65. The second-order valence-electron chi connectivity index (χ2n) is 5.36. The number of nitrogens with zero attached hydrogens (tertiary/aromatic N) is 1. The van der Waals surface area contributed by atoms with Crippen molar-refractivity contribution < 1.29 is 24.2 Å². The monoisotopic (exact) mass is 307 g/mol. The van der Waals surface area contributed by atoms with Crippen LogP contribution < -0.4 is 4.74 Å². The minimum atomic E-state index is -1.03. The molecule has 0 saturated carbocycles. The van der Waals surface area contributed by atoms with E-state index in [4.69, 9.17) is 9.47 Å². The number of para-hydroxylation sites is 1. The average Bonchev–Trinajstić information content (AvgIpc) is 2.54. The predicted octanol–water partition coefficient (Wildman–Crippen LogP) is 1.50. The molecule has 1 aromatic rings. The van der Waals surface area contributed by atoms with Gasteiger partial charge >= 0.3 is 5.97 Å². The van der Waals surface area contributed by atoms with Crippen molar-refractivity contribution in [3.05, 3.63) is 29.8 Å². The van der Waals surface area contributed by atoms with Crippen LogP contribution in [0, 0.1) is 0 Å². The molecule has 0 aliphatic carbocycles. The lowest BCUT2D eigenvalue weighted by Gasteiger charge is -2.33. The number of ether oxygens (including phenoxy) is 2. The maximum Gasteiger partial charge on any atom is 0.328 e. The average molecular weight is 307 g/mol. The van der Waals surface area contributed by atoms with Gasteiger partial charge in [0.15, 0.2) is 6.04 Å². The number of aliphatic carboxylic acids is 1. The predicted molar refractivity (Wildman–Crippen MR) is 80.0 cm³/mol. The first-order valence-corrected chi connectivity index (χ1v) is 7.27. The molecule has 0 bridgehead atoms. The first kappa shape index (κ1) is 16.3. The minimum Gasteiger partial charge on any atom is -0.496 e. The van der Waals surface area contributed by atoms with Gasteiger partial charge < -0.3 is 19.5 Å². The second-order valence-corrected chi connectivity index (χ2v) is 5.36. The van der Waals surface area contributed by atoms with Gasteiger partial charge in [0.1, 0.15) is 5.75 Å². The highest BCUT2D eigenvalue weighted by atomic mass is 16.5. The van der Waals surface area contributed by atoms with Gasteiger partial charge in [0.2, 0.25) is 5.91 Å². The Morgan fingerprint density at radius 2 is 2.18 bits per heavy atom. The number of carboxylic acids is 1. The summed E-state index contributed by atoms with van der Waals surface area (Å²) in [5.74, 6) is -0.521. The summed E-state index contributed by atoms with van der Waals surface area (Å²) in [5.41, 5.74) is 0.943. The molecular formula is C16H21NO5. The van der Waals surface area contributed by atoms with Crippen LogP contribution in [0.25, 0.3) is 0 Å². The van der Waals surface area contributed by atoms with Crippen molar-refractivity contribution >= 4 is 11.9 Å². The number of hydrogen-bond acceptors (Lipinski definition) is 4. The zero-order valence-corrected chi connectivity index (χ0v) is 12.8. The quantitative estimate of drug-likeness (QED) is 0.892. The molecule has 2 rings (SSSR count). The molecule has 1 saturated heterocycles. The highest BCUT2D eigenvalue weighted by Gasteiger charge is 2.33. The summed E-state index contributed by atoms with van der Waals surface area (Å²) >= 11 is 0. The van der Waals surface area contributed by atoms with Gasteiger partial charge in [-0.25, -0.2) is 4.79 Å². The standard InChI is InChI=1S/C16H21NO5/c1-11(12-5-3-4-6-14(12)21-2)9-15(18)17-7-8-22-10-13(17)16(19)20/h3-6,11,13H,7-10H2,1-2H3,(H,19,20). The van der Waals surface area contributed by atoms with Crippen molar-refractivity contribution in [3.8, 4) is 5.75 Å². The number of methoxy groups -OCH3 is 1. The minimum absolute atomic E-state index is 0.0457. The Morgan fingerprint density at radius 3 is 2.86 bits per heavy atom. The molecule has 22 heavy (non-hydrogen) atoms. The van der Waals surface area contributed by atoms with Gasteiger partial charge in [0.25, 0.3) is 0 Å². The molecule has 1 N–H and O–H groups in total. The summed E-state index contributed by atoms with van der Waals surface area (Å²) in [5, 5.41) is 9.20. The summed E-state index contributed by atoms with van der Waals surface area (Å²) < 4.78 is 10.5. The SMILES string of the molecule is COc1ccccc1C(C)CC(=O)N1CCOCC1C(=O)O. The van der Waals surface area contributed by atoms with Crippen molar-refractivity contribution in [3.63, 3.8) is 0 Å². The van der Waals surface area contributed by atoms with Gasteiger partial charge in [-0.2, -0.15) is 0 Å². The van der Waals surface area contributed by atoms with Crippen LogP contribution in [0.1, 0.15) is 24.8 Å². The van der Waals surface area contributed by atoms with Crippen molar-refractivity contribution in [2.24, 2.45) is 0 Å². The lowest BCUT2D eigenvalue weighted by Crippen LogP contribution is -2.52. The summed E-state index contributed by atoms with van der Waals surface area (Å²) in [4.78, 5) is 25.1. The van der Waals surface area contributed by atoms with E-state index >= 15 is 0 Å². The zero-order chi connectivity index (χ0) is 16.1. The van der Waals surface area contributed by atoms with Crippen LogP contribution in [-0.2, 0) is 14.3 Å². The van der Waals surface area contributed by atoms with E-state index in [1.165, 1.54) is 4.90 Å². The van der Waals surface area contributed by atoms with E-state index in [2.05, 4.69) is 0 Å². The Hall–Kier alpha value is -2.08. The number of rotatable bonds is 5. The van der Waals surface area contributed by atoms with Crippen molar-refractivity contribution in [1.82, 2.24) is 4.90 Å². The smallest absolute Gasteiger partial charge is 0.328 e. The molecule has 0 radical (unpaired) electrons. The zero-order valence-electron chi connectivity index (χ0n) is 12.8. The fourth-order valence-electron chi connectivity index (χ4n) is 2.67. The molecule has 0 spiro atoms. The first-order valence-electron chi connectivity index (χ1n) is 7.27. The van der Waals surface area contributed by atoms with Crippen molar-refractivity contribution in [2.45, 2.75) is 25.3 Å². The van der Waals surface area contributed by atoms with E-state index in [0.717, 1.165) is 11.3 Å². The molecule has 1 fully saturated rings. The molecule has 1 amide bonds. The fraction of sp³-hybridized carbons (Fsp3) is 0.500. The third-order valence-electron chi connectivity index (χ3n) is 3.88. The van der Waals surface area contributed by atoms with Crippen LogP contribution in [0.5, 0.6) is 5.75 Å². The lowest BCUT2D eigenvalue weighted by molar-refractivity contribution is -0.158. The largest absolute Gasteiger partial charge is 0.496 e. The number of morpholine rings is 1. The second kappa shape index (κ2) is 7.26. The number of carbonyl (C=O) groups is 2. The van der Waals surface area contributed by atoms with Crippen LogP contribution in [-0.4, -0.2) is 54.8 Å². The molecule has 2 atom stereocenters. The topological polar surface area (TPSA) is 76.1 Å². The van der Waals surface area contributed by atoms with Gasteiger partial charge in [-0.15, -0.1) is 0 Å². The maximum absolute atomic E-state index is 12.5. The lowest BCUT2D eigenvalue weighted by atomic mass is 9.96. The Bertz CT molecular complexity index is 545. The van der Waals surface area contributed by atoms with Crippen molar-refractivity contribution in [1.29, 1.82) is 0 Å². The van der Waals surface area contributed by atoms with E-state index in [9.17, 15) is 14.7 Å². The normalized spacial score (nSPS) is 19.5. The van der Waals surface area contributed by atoms with E-state index < -0.39 is 12.0 Å². The molecular weight excluding hydrogens is 286 g/mol. The third kappa shape index (κ3) is 3.57. The number of amides is 1. The Balaban J connectivity index is 2.08. The highest BCUT2D eigenvalue weighted by Crippen LogP contribution is 2.29. The molecule has 1 heterocycles. The van der Waals surface area contributed by atoms with Gasteiger partial charge in [-0.05, 0) is 17.5 Å². The van der Waals surface area contributed by atoms with Gasteiger partial charge in [-0.3, -0.25) is 4.79 Å². The van der Waals surface area contributed by atoms with Crippen LogP contribution in [0.2, 0.25) is 0 Å². The Labute approximate surface area is 129 Å². The van der Waals surface area contributed by atoms with Crippen LogP contribution >= 0.6 is 0 Å². The van der Waals surface area contributed by atoms with E-state index in [-0.39, 0.29) is 24.9 Å². The Kier molecular flexibility index (Phi) is 5.38. The van der Waals surface area contributed by atoms with Gasteiger partial charge in [0, 0.05) is 13.0 Å². The maximum atomic E-state index is 12.5. The Morgan fingerprint density at radius 1 is 1.45 bits per heavy atom. The van der Waals surface area contributed by atoms with E-state index in [0.29, 0.717) is 13.2 Å². The molecule has 6 nitrogen and oxygen atoms in total. The van der Waals surface area contributed by atoms with Crippen LogP contribution in [0.4, 0.5) is 0 Å². The molecule has 120 valence electrons. The fourth-order valence-corrected chi connectivity index (χ4v) is 2.67. The third-order valence-corrected chi connectivity index (χ3v) is 3.88. The molecule has 1 aliphatic heterocycles.